The predicted molar refractivity (Wildman–Crippen MR) is 59.0 cm³/mol. The number of rotatable bonds is 6. The molecule has 0 aliphatic carbocycles. The van der Waals surface area contributed by atoms with Crippen LogP contribution in [0, 0.1) is 0 Å². The Morgan fingerprint density at radius 1 is 1.14 bits per heavy atom. The van der Waals surface area contributed by atoms with E-state index >= 15 is 0 Å². The van der Waals surface area contributed by atoms with Crippen LogP contribution in [0.2, 0.25) is 0 Å². The summed E-state index contributed by atoms with van der Waals surface area (Å²) in [6, 6.07) is 0. The quantitative estimate of drug-likeness (QED) is 0.369. The Hall–Kier alpha value is -1.31. The zero-order valence-electron chi connectivity index (χ0n) is 8.90. The summed E-state index contributed by atoms with van der Waals surface area (Å²) in [6.45, 7) is 4.34. The Bertz CT molecular complexity index is 224. The van der Waals surface area contributed by atoms with Gasteiger partial charge in [-0.05, 0) is 13.3 Å². The molecular weight excluding hydrogens is 176 g/mol. The summed E-state index contributed by atoms with van der Waals surface area (Å²) in [4.78, 5) is 10.8. The largest absolute Gasteiger partial charge is 0.463 e. The van der Waals surface area contributed by atoms with E-state index in [0.717, 1.165) is 12.8 Å². The van der Waals surface area contributed by atoms with E-state index in [-0.39, 0.29) is 5.97 Å². The van der Waals surface area contributed by atoms with Crippen LogP contribution in [0.5, 0.6) is 0 Å². The summed E-state index contributed by atoms with van der Waals surface area (Å²) in [5.74, 6) is -0.297. The van der Waals surface area contributed by atoms with Crippen LogP contribution in [0.25, 0.3) is 0 Å². The number of hydrogen-bond acceptors (Lipinski definition) is 2. The van der Waals surface area contributed by atoms with Crippen molar-refractivity contribution in [2.75, 3.05) is 6.61 Å². The summed E-state index contributed by atoms with van der Waals surface area (Å²) < 4.78 is 4.71. The molecule has 0 atom stereocenters. The molecule has 0 fully saturated rings. The Labute approximate surface area is 86.0 Å². The summed E-state index contributed by atoms with van der Waals surface area (Å²) in [5.41, 5.74) is 0. The Balaban J connectivity index is 3.64. The first-order valence-corrected chi connectivity index (χ1v) is 4.97. The van der Waals surface area contributed by atoms with Gasteiger partial charge >= 0.3 is 5.97 Å². The van der Waals surface area contributed by atoms with E-state index in [2.05, 4.69) is 13.0 Å². The fourth-order valence-corrected chi connectivity index (χ4v) is 0.794. The molecule has 2 nitrogen and oxygen atoms in total. The van der Waals surface area contributed by atoms with Crippen LogP contribution in [0.15, 0.2) is 36.5 Å². The Kier molecular flexibility index (Phi) is 8.86. The van der Waals surface area contributed by atoms with E-state index < -0.39 is 0 Å². The number of hydrogen-bond donors (Lipinski definition) is 0. The lowest BCUT2D eigenvalue weighted by molar-refractivity contribution is -0.137. The van der Waals surface area contributed by atoms with Crippen LogP contribution in [-0.4, -0.2) is 12.6 Å². The van der Waals surface area contributed by atoms with E-state index in [4.69, 9.17) is 4.74 Å². The average molecular weight is 194 g/mol. The van der Waals surface area contributed by atoms with Crippen molar-refractivity contribution in [2.45, 2.75) is 26.7 Å². The standard InChI is InChI=1S/C12H18O2/c1-3-5-6-7-8-9-10-11-12(13)14-4-2/h6-11H,3-5H2,1-2H3. The molecule has 0 saturated carbocycles. The molecular formula is C12H18O2. The fourth-order valence-electron chi connectivity index (χ4n) is 0.794. The van der Waals surface area contributed by atoms with E-state index in [0.29, 0.717) is 6.61 Å². The Morgan fingerprint density at radius 2 is 1.86 bits per heavy atom. The molecule has 0 aromatic carbocycles. The minimum atomic E-state index is -0.297. The molecule has 0 radical (unpaired) electrons. The predicted octanol–water partition coefficient (Wildman–Crippen LogP) is 3.02. The molecule has 0 aromatic heterocycles. The lowest BCUT2D eigenvalue weighted by Gasteiger charge is -1.92. The highest BCUT2D eigenvalue weighted by atomic mass is 16.5. The van der Waals surface area contributed by atoms with E-state index in [1.54, 1.807) is 13.0 Å². The molecule has 0 aliphatic heterocycles. The SMILES string of the molecule is CCCC=CC=CC=CC(=O)OCC. The lowest BCUT2D eigenvalue weighted by Crippen LogP contribution is -1.98. The third-order valence-electron chi connectivity index (χ3n) is 1.44. The number of carbonyl (C=O) groups is 1. The molecule has 0 amide bonds. The second kappa shape index (κ2) is 9.78. The molecule has 0 unspecified atom stereocenters. The van der Waals surface area contributed by atoms with Crippen molar-refractivity contribution in [1.82, 2.24) is 0 Å². The molecule has 0 spiro atoms. The van der Waals surface area contributed by atoms with Gasteiger partial charge in [-0.25, -0.2) is 4.79 Å². The first-order valence-electron chi connectivity index (χ1n) is 4.97. The summed E-state index contributed by atoms with van der Waals surface area (Å²) in [7, 11) is 0. The monoisotopic (exact) mass is 194 g/mol. The minimum absolute atomic E-state index is 0.297. The molecule has 0 N–H and O–H groups in total. The van der Waals surface area contributed by atoms with Crippen molar-refractivity contribution in [3.05, 3.63) is 36.5 Å². The molecule has 14 heavy (non-hydrogen) atoms. The van der Waals surface area contributed by atoms with Gasteiger partial charge in [0.05, 0.1) is 6.61 Å². The number of carbonyl (C=O) groups excluding carboxylic acids is 1. The molecule has 2 heteroatoms. The smallest absolute Gasteiger partial charge is 0.330 e. The highest BCUT2D eigenvalue weighted by Crippen LogP contribution is 1.89. The van der Waals surface area contributed by atoms with Gasteiger partial charge in [-0.15, -0.1) is 0 Å². The van der Waals surface area contributed by atoms with Gasteiger partial charge in [0.15, 0.2) is 0 Å². The second-order valence-electron chi connectivity index (χ2n) is 2.71. The van der Waals surface area contributed by atoms with Crippen LogP contribution < -0.4 is 0 Å². The summed E-state index contributed by atoms with van der Waals surface area (Å²) >= 11 is 0. The molecule has 0 heterocycles. The van der Waals surface area contributed by atoms with Crippen molar-refractivity contribution in [3.63, 3.8) is 0 Å². The van der Waals surface area contributed by atoms with Gasteiger partial charge in [0.1, 0.15) is 0 Å². The van der Waals surface area contributed by atoms with Gasteiger partial charge in [0.25, 0.3) is 0 Å². The van der Waals surface area contributed by atoms with E-state index in [1.807, 2.05) is 18.2 Å². The van der Waals surface area contributed by atoms with Crippen molar-refractivity contribution in [1.29, 1.82) is 0 Å². The van der Waals surface area contributed by atoms with Crippen LogP contribution in [0.4, 0.5) is 0 Å². The van der Waals surface area contributed by atoms with Crippen molar-refractivity contribution in [2.24, 2.45) is 0 Å². The molecule has 78 valence electrons. The maximum Gasteiger partial charge on any atom is 0.330 e. The molecule has 0 saturated heterocycles. The van der Waals surface area contributed by atoms with Crippen LogP contribution in [0.3, 0.4) is 0 Å². The van der Waals surface area contributed by atoms with Crippen molar-refractivity contribution < 1.29 is 9.53 Å². The van der Waals surface area contributed by atoms with Crippen LogP contribution in [-0.2, 0) is 9.53 Å². The molecule has 0 bridgehead atoms. The van der Waals surface area contributed by atoms with E-state index in [1.165, 1.54) is 6.08 Å². The maximum atomic E-state index is 10.8. The third-order valence-corrected chi connectivity index (χ3v) is 1.44. The fraction of sp³-hybridized carbons (Fsp3) is 0.417. The zero-order chi connectivity index (χ0) is 10.6. The lowest BCUT2D eigenvalue weighted by atomic mass is 10.3. The Morgan fingerprint density at radius 3 is 2.50 bits per heavy atom. The van der Waals surface area contributed by atoms with Crippen molar-refractivity contribution >= 4 is 5.97 Å². The molecule has 0 aromatic rings. The first-order chi connectivity index (χ1) is 6.81. The average Bonchev–Trinajstić information content (AvgIpc) is 2.17. The van der Waals surface area contributed by atoms with Gasteiger partial charge in [-0.3, -0.25) is 0 Å². The highest BCUT2D eigenvalue weighted by Gasteiger charge is 1.89. The number of esters is 1. The second-order valence-corrected chi connectivity index (χ2v) is 2.71. The van der Waals surface area contributed by atoms with Gasteiger partial charge < -0.3 is 4.74 Å². The van der Waals surface area contributed by atoms with Crippen molar-refractivity contribution in [3.8, 4) is 0 Å². The summed E-state index contributed by atoms with van der Waals surface area (Å²) in [5, 5.41) is 0. The number of ether oxygens (including phenoxy) is 1. The minimum Gasteiger partial charge on any atom is -0.463 e. The normalized spacial score (nSPS) is 11.9. The third kappa shape index (κ3) is 8.78. The van der Waals surface area contributed by atoms with Crippen LogP contribution >= 0.6 is 0 Å². The maximum absolute atomic E-state index is 10.8. The summed E-state index contributed by atoms with van der Waals surface area (Å²) in [6.07, 6.45) is 13.1. The first kappa shape index (κ1) is 12.7. The molecule has 0 aliphatic rings. The van der Waals surface area contributed by atoms with Gasteiger partial charge in [0, 0.05) is 6.08 Å². The number of allylic oxidation sites excluding steroid dienone is 5. The molecule has 0 rings (SSSR count). The topological polar surface area (TPSA) is 26.3 Å². The van der Waals surface area contributed by atoms with Gasteiger partial charge in [0.2, 0.25) is 0 Å². The zero-order valence-corrected chi connectivity index (χ0v) is 8.90. The highest BCUT2D eigenvalue weighted by molar-refractivity contribution is 5.82. The van der Waals surface area contributed by atoms with Gasteiger partial charge in [-0.2, -0.15) is 0 Å². The van der Waals surface area contributed by atoms with Crippen LogP contribution in [0.1, 0.15) is 26.7 Å². The van der Waals surface area contributed by atoms with E-state index in [9.17, 15) is 4.79 Å². The van der Waals surface area contributed by atoms with Gasteiger partial charge in [-0.1, -0.05) is 43.7 Å². The number of unbranched alkanes of at least 4 members (excludes halogenated alkanes) is 1.